The van der Waals surface area contributed by atoms with Crippen molar-refractivity contribution in [2.75, 3.05) is 0 Å². The van der Waals surface area contributed by atoms with Crippen molar-refractivity contribution >= 4 is 11.1 Å². The Bertz CT molecular complexity index is 1530. The molecule has 1 aliphatic heterocycles. The molecule has 1 aliphatic carbocycles. The quantitative estimate of drug-likeness (QED) is 0.256. The molecule has 1 nitrogen and oxygen atoms in total. The van der Waals surface area contributed by atoms with Gasteiger partial charge in [0.15, 0.2) is 0 Å². The van der Waals surface area contributed by atoms with Crippen LogP contribution in [0, 0.1) is 0 Å². The largest absolute Gasteiger partial charge is 0.284 e. The summed E-state index contributed by atoms with van der Waals surface area (Å²) in [7, 11) is 0. The molecule has 2 aliphatic rings. The zero-order valence-electron chi connectivity index (χ0n) is 20.1. The Labute approximate surface area is 213 Å². The van der Waals surface area contributed by atoms with E-state index in [0.29, 0.717) is 0 Å². The van der Waals surface area contributed by atoms with Gasteiger partial charge in [-0.2, -0.15) is 0 Å². The van der Waals surface area contributed by atoms with E-state index in [9.17, 15) is 0 Å². The molecule has 0 spiro atoms. The van der Waals surface area contributed by atoms with Gasteiger partial charge in [-0.05, 0) is 55.7 Å². The van der Waals surface area contributed by atoms with Crippen LogP contribution in [0.25, 0.3) is 22.3 Å². The topological polar surface area (TPSA) is 3.24 Å². The third-order valence-electron chi connectivity index (χ3n) is 7.62. The fourth-order valence-corrected chi connectivity index (χ4v) is 6.12. The zero-order chi connectivity index (χ0) is 23.9. The standard InChI is InChI=1S/C35H27N/c1-3-13-25(14-4-1)23-36-24-27-17-7-8-18-28(27)34(35(36)26-15-5-2-6-16-26)33-31-21-11-9-19-29(31)30-20-10-12-22-32(30)33/h1-22,35H,23-24H2. The predicted molar refractivity (Wildman–Crippen MR) is 149 cm³/mol. The summed E-state index contributed by atoms with van der Waals surface area (Å²) in [5, 5.41) is 0. The molecule has 0 saturated heterocycles. The summed E-state index contributed by atoms with van der Waals surface area (Å²) in [6.07, 6.45) is 0. The fourth-order valence-electron chi connectivity index (χ4n) is 6.12. The van der Waals surface area contributed by atoms with Gasteiger partial charge in [0.1, 0.15) is 0 Å². The van der Waals surface area contributed by atoms with Crippen LogP contribution in [-0.2, 0) is 13.1 Å². The van der Waals surface area contributed by atoms with Crippen molar-refractivity contribution in [3.63, 3.8) is 0 Å². The molecule has 5 aromatic rings. The number of rotatable bonds is 3. The Kier molecular flexibility index (Phi) is 5.15. The van der Waals surface area contributed by atoms with Gasteiger partial charge in [0.25, 0.3) is 0 Å². The van der Waals surface area contributed by atoms with Gasteiger partial charge in [-0.25, -0.2) is 0 Å². The third kappa shape index (κ3) is 3.44. The van der Waals surface area contributed by atoms with Crippen LogP contribution in [-0.4, -0.2) is 4.90 Å². The summed E-state index contributed by atoms with van der Waals surface area (Å²) >= 11 is 0. The lowest BCUT2D eigenvalue weighted by Gasteiger charge is -2.40. The molecule has 0 aromatic heterocycles. The van der Waals surface area contributed by atoms with Crippen molar-refractivity contribution in [1.82, 2.24) is 4.90 Å². The maximum atomic E-state index is 2.65. The highest BCUT2D eigenvalue weighted by atomic mass is 15.2. The van der Waals surface area contributed by atoms with Crippen LogP contribution in [0.2, 0.25) is 0 Å². The highest BCUT2D eigenvalue weighted by molar-refractivity contribution is 6.11. The predicted octanol–water partition coefficient (Wildman–Crippen LogP) is 8.38. The molecule has 172 valence electrons. The van der Waals surface area contributed by atoms with Crippen molar-refractivity contribution in [2.45, 2.75) is 19.1 Å². The fraction of sp³-hybridized carbons (Fsp3) is 0.0857. The molecule has 1 heterocycles. The first-order valence-corrected chi connectivity index (χ1v) is 12.7. The van der Waals surface area contributed by atoms with Crippen molar-refractivity contribution < 1.29 is 0 Å². The molecule has 1 unspecified atom stereocenters. The number of hydrogen-bond acceptors (Lipinski definition) is 1. The molecule has 0 N–H and O–H groups in total. The molecule has 36 heavy (non-hydrogen) atoms. The van der Waals surface area contributed by atoms with Crippen LogP contribution < -0.4 is 0 Å². The van der Waals surface area contributed by atoms with Gasteiger partial charge in [-0.15, -0.1) is 0 Å². The Morgan fingerprint density at radius 1 is 0.500 bits per heavy atom. The second kappa shape index (κ2) is 8.78. The lowest BCUT2D eigenvalue weighted by molar-refractivity contribution is 0.211. The van der Waals surface area contributed by atoms with E-state index < -0.39 is 0 Å². The first kappa shape index (κ1) is 21.1. The molecule has 0 saturated carbocycles. The summed E-state index contributed by atoms with van der Waals surface area (Å²) in [6, 6.07) is 48.9. The highest BCUT2D eigenvalue weighted by Gasteiger charge is 2.36. The van der Waals surface area contributed by atoms with Gasteiger partial charge in [0.2, 0.25) is 0 Å². The molecule has 0 radical (unpaired) electrons. The average molecular weight is 462 g/mol. The molecule has 0 bridgehead atoms. The summed E-state index contributed by atoms with van der Waals surface area (Å²) in [5.74, 6) is 0. The molecule has 7 rings (SSSR count). The Hall–Kier alpha value is -4.20. The normalized spacial score (nSPS) is 16.4. The smallest absolute Gasteiger partial charge is 0.0620 e. The number of fused-ring (bicyclic) bond motifs is 4. The van der Waals surface area contributed by atoms with Gasteiger partial charge < -0.3 is 0 Å². The monoisotopic (exact) mass is 461 g/mol. The van der Waals surface area contributed by atoms with E-state index in [1.807, 2.05) is 0 Å². The summed E-state index contributed by atoms with van der Waals surface area (Å²) < 4.78 is 0. The van der Waals surface area contributed by atoms with Gasteiger partial charge in [-0.1, -0.05) is 133 Å². The minimum absolute atomic E-state index is 0.149. The molecule has 0 fully saturated rings. The first-order chi connectivity index (χ1) is 17.9. The summed E-state index contributed by atoms with van der Waals surface area (Å²) in [5.41, 5.74) is 13.6. The maximum absolute atomic E-state index is 2.65. The van der Waals surface area contributed by atoms with E-state index in [-0.39, 0.29) is 6.04 Å². The zero-order valence-corrected chi connectivity index (χ0v) is 20.1. The Morgan fingerprint density at radius 3 is 1.64 bits per heavy atom. The summed E-state index contributed by atoms with van der Waals surface area (Å²) in [6.45, 7) is 1.82. The van der Waals surface area contributed by atoms with Crippen LogP contribution >= 0.6 is 0 Å². The van der Waals surface area contributed by atoms with Crippen molar-refractivity contribution in [3.05, 3.63) is 167 Å². The van der Waals surface area contributed by atoms with E-state index >= 15 is 0 Å². The lowest BCUT2D eigenvalue weighted by atomic mass is 9.80. The van der Waals surface area contributed by atoms with Crippen LogP contribution in [0.15, 0.2) is 133 Å². The number of nitrogens with zero attached hydrogens (tertiary/aromatic N) is 1. The maximum Gasteiger partial charge on any atom is 0.0620 e. The highest BCUT2D eigenvalue weighted by Crippen LogP contribution is 2.53. The molecular weight excluding hydrogens is 434 g/mol. The minimum Gasteiger partial charge on any atom is -0.284 e. The van der Waals surface area contributed by atoms with Crippen LogP contribution in [0.5, 0.6) is 0 Å². The number of benzene rings is 5. The first-order valence-electron chi connectivity index (χ1n) is 12.7. The van der Waals surface area contributed by atoms with Crippen LogP contribution in [0.3, 0.4) is 0 Å². The second-order valence-corrected chi connectivity index (χ2v) is 9.74. The van der Waals surface area contributed by atoms with Crippen molar-refractivity contribution in [3.8, 4) is 11.1 Å². The van der Waals surface area contributed by atoms with E-state index in [2.05, 4.69) is 138 Å². The van der Waals surface area contributed by atoms with Gasteiger partial charge in [0, 0.05) is 13.1 Å². The molecule has 1 heteroatoms. The Morgan fingerprint density at radius 2 is 1.00 bits per heavy atom. The van der Waals surface area contributed by atoms with E-state index in [1.54, 1.807) is 0 Å². The van der Waals surface area contributed by atoms with Crippen LogP contribution in [0.1, 0.15) is 39.4 Å². The lowest BCUT2D eigenvalue weighted by Crippen LogP contribution is -2.33. The summed E-state index contributed by atoms with van der Waals surface area (Å²) in [4.78, 5) is 2.65. The molecule has 5 aromatic carbocycles. The second-order valence-electron chi connectivity index (χ2n) is 9.74. The van der Waals surface area contributed by atoms with Crippen molar-refractivity contribution in [1.29, 1.82) is 0 Å². The SMILES string of the molecule is c1ccc(CN2Cc3ccccc3C(=C3c4ccccc4-c4ccccc43)C2c2ccccc2)cc1. The average Bonchev–Trinajstić information content (AvgIpc) is 3.27. The van der Waals surface area contributed by atoms with E-state index in [0.717, 1.165) is 13.1 Å². The molecular formula is C35H27N. The van der Waals surface area contributed by atoms with Crippen LogP contribution in [0.4, 0.5) is 0 Å². The van der Waals surface area contributed by atoms with Gasteiger partial charge in [0.05, 0.1) is 6.04 Å². The minimum atomic E-state index is 0.149. The van der Waals surface area contributed by atoms with E-state index in [1.165, 1.54) is 55.7 Å². The Balaban J connectivity index is 1.55. The van der Waals surface area contributed by atoms with E-state index in [4.69, 9.17) is 0 Å². The molecule has 1 atom stereocenters. The van der Waals surface area contributed by atoms with Gasteiger partial charge >= 0.3 is 0 Å². The molecule has 0 amide bonds. The van der Waals surface area contributed by atoms with Crippen molar-refractivity contribution in [2.24, 2.45) is 0 Å². The number of hydrogen-bond donors (Lipinski definition) is 0. The van der Waals surface area contributed by atoms with Gasteiger partial charge in [-0.3, -0.25) is 4.90 Å². The third-order valence-corrected chi connectivity index (χ3v) is 7.62.